The fourth-order valence-electron chi connectivity index (χ4n) is 3.99. The van der Waals surface area contributed by atoms with E-state index < -0.39 is 0 Å². The highest BCUT2D eigenvalue weighted by Crippen LogP contribution is 2.39. The Balaban J connectivity index is 1.40. The van der Waals surface area contributed by atoms with Gasteiger partial charge in [0.25, 0.3) is 5.91 Å². The summed E-state index contributed by atoms with van der Waals surface area (Å²) in [4.78, 5) is 29.5. The first-order chi connectivity index (χ1) is 12.8. The van der Waals surface area contributed by atoms with Crippen LogP contribution in [0.2, 0.25) is 0 Å². The molecule has 0 atom stereocenters. The van der Waals surface area contributed by atoms with Gasteiger partial charge in [0.05, 0.1) is 10.3 Å². The van der Waals surface area contributed by atoms with Gasteiger partial charge in [-0.3, -0.25) is 4.79 Å². The van der Waals surface area contributed by atoms with Crippen LogP contribution in [0.25, 0.3) is 10.2 Å². The maximum absolute atomic E-state index is 12.6. The lowest BCUT2D eigenvalue weighted by Gasteiger charge is -2.35. The molecule has 0 bridgehead atoms. The molecule has 0 saturated carbocycles. The van der Waals surface area contributed by atoms with E-state index in [1.165, 1.54) is 46.4 Å². The Morgan fingerprint density at radius 1 is 1.08 bits per heavy atom. The fraction of sp³-hybridized carbons (Fsp3) is 0.421. The molecule has 1 aliphatic carbocycles. The molecule has 0 unspecified atom stereocenters. The minimum atomic E-state index is 0.153. The summed E-state index contributed by atoms with van der Waals surface area (Å²) in [5, 5.41) is 3.23. The van der Waals surface area contributed by atoms with Crippen molar-refractivity contribution in [3.05, 3.63) is 39.2 Å². The molecule has 1 aliphatic heterocycles. The molecule has 1 fully saturated rings. The normalized spacial score (nSPS) is 17.5. The second-order valence-corrected chi connectivity index (χ2v) is 8.88. The summed E-state index contributed by atoms with van der Waals surface area (Å²) in [6, 6.07) is 3.84. The van der Waals surface area contributed by atoms with Crippen LogP contribution in [0.15, 0.2) is 23.8 Å². The Bertz CT molecular complexity index is 942. The summed E-state index contributed by atoms with van der Waals surface area (Å²) in [5.41, 5.74) is 1.48. The smallest absolute Gasteiger partial charge is 0.264 e. The van der Waals surface area contributed by atoms with Crippen molar-refractivity contribution in [3.8, 4) is 0 Å². The maximum atomic E-state index is 12.6. The number of thiophene rings is 2. The number of piperazine rings is 1. The molecule has 0 spiro atoms. The van der Waals surface area contributed by atoms with Crippen molar-refractivity contribution in [1.29, 1.82) is 0 Å². The summed E-state index contributed by atoms with van der Waals surface area (Å²) in [5.74, 6) is 1.22. The molecule has 0 aromatic carbocycles. The number of aromatic nitrogens is 2. The van der Waals surface area contributed by atoms with Crippen LogP contribution in [0.1, 0.15) is 33.0 Å². The zero-order valence-electron chi connectivity index (χ0n) is 14.5. The molecular weight excluding hydrogens is 364 g/mol. The first-order valence-corrected chi connectivity index (χ1v) is 10.8. The average Bonchev–Trinajstić information content (AvgIpc) is 3.35. The number of carbonyl (C=O) groups excluding carboxylic acids is 1. The molecule has 0 radical (unpaired) electrons. The molecule has 0 N–H and O–H groups in total. The lowest BCUT2D eigenvalue weighted by Crippen LogP contribution is -2.49. The van der Waals surface area contributed by atoms with Gasteiger partial charge >= 0.3 is 0 Å². The van der Waals surface area contributed by atoms with E-state index in [-0.39, 0.29) is 5.91 Å². The average molecular weight is 385 g/mol. The van der Waals surface area contributed by atoms with Crippen molar-refractivity contribution in [2.24, 2.45) is 0 Å². The van der Waals surface area contributed by atoms with Crippen molar-refractivity contribution >= 4 is 44.6 Å². The molecule has 1 amide bonds. The van der Waals surface area contributed by atoms with E-state index in [0.717, 1.165) is 48.1 Å². The molecule has 7 heteroatoms. The van der Waals surface area contributed by atoms with E-state index in [4.69, 9.17) is 0 Å². The molecular formula is C19H20N4OS2. The zero-order valence-corrected chi connectivity index (χ0v) is 16.1. The zero-order chi connectivity index (χ0) is 17.5. The quantitative estimate of drug-likeness (QED) is 0.677. The Labute approximate surface area is 160 Å². The molecule has 3 aromatic rings. The molecule has 4 heterocycles. The van der Waals surface area contributed by atoms with Gasteiger partial charge in [-0.2, -0.15) is 0 Å². The van der Waals surface area contributed by atoms with Gasteiger partial charge in [-0.05, 0) is 42.7 Å². The summed E-state index contributed by atoms with van der Waals surface area (Å²) in [6.07, 6.45) is 6.57. The van der Waals surface area contributed by atoms with E-state index in [0.29, 0.717) is 0 Å². The van der Waals surface area contributed by atoms with E-state index in [1.807, 2.05) is 33.7 Å². The van der Waals surface area contributed by atoms with Gasteiger partial charge in [0.2, 0.25) is 0 Å². The summed E-state index contributed by atoms with van der Waals surface area (Å²) in [7, 11) is 0. The van der Waals surface area contributed by atoms with Gasteiger partial charge in [-0.25, -0.2) is 9.97 Å². The number of hydrogen-bond donors (Lipinski definition) is 0. The van der Waals surface area contributed by atoms with Crippen molar-refractivity contribution < 1.29 is 4.79 Å². The Morgan fingerprint density at radius 3 is 2.73 bits per heavy atom. The number of amides is 1. The second kappa shape index (κ2) is 6.63. The number of carbonyl (C=O) groups is 1. The second-order valence-electron chi connectivity index (χ2n) is 6.84. The fourth-order valence-corrected chi connectivity index (χ4v) is 5.91. The van der Waals surface area contributed by atoms with Crippen LogP contribution in [0.3, 0.4) is 0 Å². The minimum absolute atomic E-state index is 0.153. The van der Waals surface area contributed by atoms with Gasteiger partial charge in [0.15, 0.2) is 0 Å². The number of anilines is 1. The summed E-state index contributed by atoms with van der Waals surface area (Å²) < 4.78 is 0. The Kier molecular flexibility index (Phi) is 4.13. The summed E-state index contributed by atoms with van der Waals surface area (Å²) >= 11 is 3.36. The topological polar surface area (TPSA) is 49.3 Å². The van der Waals surface area contributed by atoms with E-state index in [2.05, 4.69) is 14.9 Å². The van der Waals surface area contributed by atoms with Gasteiger partial charge in [0.1, 0.15) is 17.0 Å². The first kappa shape index (κ1) is 16.2. The molecule has 3 aromatic heterocycles. The van der Waals surface area contributed by atoms with Crippen LogP contribution in [0, 0.1) is 0 Å². The van der Waals surface area contributed by atoms with Crippen molar-refractivity contribution in [3.63, 3.8) is 0 Å². The molecule has 1 saturated heterocycles. The van der Waals surface area contributed by atoms with Crippen LogP contribution >= 0.6 is 22.7 Å². The highest BCUT2D eigenvalue weighted by Gasteiger charge is 2.27. The van der Waals surface area contributed by atoms with Gasteiger partial charge in [-0.15, -0.1) is 22.7 Å². The molecule has 134 valence electrons. The van der Waals surface area contributed by atoms with E-state index in [9.17, 15) is 4.79 Å². The highest BCUT2D eigenvalue weighted by molar-refractivity contribution is 7.19. The first-order valence-electron chi connectivity index (χ1n) is 9.14. The van der Waals surface area contributed by atoms with Gasteiger partial charge in [-0.1, -0.05) is 6.07 Å². The molecule has 2 aliphatic rings. The van der Waals surface area contributed by atoms with Crippen LogP contribution in [-0.2, 0) is 12.8 Å². The predicted molar refractivity (Wildman–Crippen MR) is 106 cm³/mol. The number of aryl methyl sites for hydroxylation is 2. The van der Waals surface area contributed by atoms with Crippen molar-refractivity contribution in [2.75, 3.05) is 31.1 Å². The Morgan fingerprint density at radius 2 is 1.92 bits per heavy atom. The van der Waals surface area contributed by atoms with Crippen molar-refractivity contribution in [1.82, 2.24) is 14.9 Å². The number of hydrogen-bond acceptors (Lipinski definition) is 6. The third-order valence-corrected chi connectivity index (χ3v) is 7.39. The number of rotatable bonds is 2. The van der Waals surface area contributed by atoms with Gasteiger partial charge < -0.3 is 9.80 Å². The summed E-state index contributed by atoms with van der Waals surface area (Å²) in [6.45, 7) is 3.14. The monoisotopic (exact) mass is 384 g/mol. The number of nitrogens with zero attached hydrogens (tertiary/aromatic N) is 4. The van der Waals surface area contributed by atoms with E-state index >= 15 is 0 Å². The lowest BCUT2D eigenvalue weighted by molar-refractivity contribution is 0.0751. The molecule has 5 rings (SSSR count). The standard InChI is InChI=1S/C19H20N4OS2/c24-19(15-6-3-11-25-15)23-9-7-22(8-10-23)17-16-13-4-1-2-5-14(13)26-18(16)21-12-20-17/h3,6,11-12H,1-2,4-5,7-10H2. The van der Waals surface area contributed by atoms with Crippen LogP contribution in [-0.4, -0.2) is 47.0 Å². The van der Waals surface area contributed by atoms with Crippen LogP contribution in [0.5, 0.6) is 0 Å². The number of fused-ring (bicyclic) bond motifs is 3. The van der Waals surface area contributed by atoms with Crippen molar-refractivity contribution in [2.45, 2.75) is 25.7 Å². The highest BCUT2D eigenvalue weighted by atomic mass is 32.1. The third-order valence-electron chi connectivity index (χ3n) is 5.33. The Hall–Kier alpha value is -1.99. The lowest BCUT2D eigenvalue weighted by atomic mass is 9.97. The SMILES string of the molecule is O=C(c1cccs1)N1CCN(c2ncnc3sc4c(c23)CCCC4)CC1. The maximum Gasteiger partial charge on any atom is 0.264 e. The minimum Gasteiger partial charge on any atom is -0.352 e. The van der Waals surface area contributed by atoms with Crippen LogP contribution < -0.4 is 4.90 Å². The third kappa shape index (κ3) is 2.70. The molecule has 5 nitrogen and oxygen atoms in total. The molecule has 26 heavy (non-hydrogen) atoms. The van der Waals surface area contributed by atoms with Crippen LogP contribution in [0.4, 0.5) is 5.82 Å². The van der Waals surface area contributed by atoms with E-state index in [1.54, 1.807) is 6.33 Å². The predicted octanol–water partition coefficient (Wildman–Crippen LogP) is 3.59. The van der Waals surface area contributed by atoms with Gasteiger partial charge in [0, 0.05) is 31.1 Å². The largest absolute Gasteiger partial charge is 0.352 e.